The molecule has 1 aliphatic heterocycles. The number of nitrogens with zero attached hydrogens (tertiary/aromatic N) is 3. The van der Waals surface area contributed by atoms with Crippen LogP contribution in [0.1, 0.15) is 11.5 Å². The van der Waals surface area contributed by atoms with E-state index >= 15 is 0 Å². The van der Waals surface area contributed by atoms with Gasteiger partial charge in [-0.05, 0) is 30.3 Å². The Morgan fingerprint density at radius 1 is 1.25 bits per heavy atom. The third-order valence-corrected chi connectivity index (χ3v) is 4.12. The van der Waals surface area contributed by atoms with Crippen LogP contribution in [-0.4, -0.2) is 27.3 Å². The quantitative estimate of drug-likeness (QED) is 0.795. The van der Waals surface area contributed by atoms with Gasteiger partial charge in [0.1, 0.15) is 24.6 Å². The van der Waals surface area contributed by atoms with Crippen LogP contribution in [0.5, 0.6) is 5.75 Å². The van der Waals surface area contributed by atoms with Crippen molar-refractivity contribution in [1.29, 1.82) is 0 Å². The van der Waals surface area contributed by atoms with E-state index in [1.165, 1.54) is 0 Å². The molecule has 3 aromatic rings. The highest BCUT2D eigenvalue weighted by atomic mass is 35.5. The maximum Gasteiger partial charge on any atom is 0.237 e. The number of hydrogen-bond donors (Lipinski definition) is 1. The number of ether oxygens (including phenoxy) is 1. The Morgan fingerprint density at radius 3 is 2.92 bits per heavy atom. The Balaban J connectivity index is 1.59. The normalized spacial score (nSPS) is 15.6. The predicted octanol–water partition coefficient (Wildman–Crippen LogP) is 3.04. The number of carbonyl (C=O) groups is 1. The van der Waals surface area contributed by atoms with Gasteiger partial charge in [0.25, 0.3) is 0 Å². The number of benzene rings is 2. The fourth-order valence-electron chi connectivity index (χ4n) is 2.70. The average molecular weight is 341 g/mol. The van der Waals surface area contributed by atoms with Crippen LogP contribution in [0, 0.1) is 0 Å². The molecule has 0 saturated heterocycles. The highest BCUT2D eigenvalue weighted by molar-refractivity contribution is 6.30. The summed E-state index contributed by atoms with van der Waals surface area (Å²) in [6.07, 6.45) is 1.56. The molecule has 0 fully saturated rings. The van der Waals surface area contributed by atoms with Gasteiger partial charge in [-0.25, -0.2) is 0 Å². The van der Waals surface area contributed by atoms with E-state index in [2.05, 4.69) is 15.5 Å². The summed E-state index contributed by atoms with van der Waals surface area (Å²) in [4.78, 5) is 12.7. The van der Waals surface area contributed by atoms with Crippen molar-refractivity contribution in [2.45, 2.75) is 5.92 Å². The van der Waals surface area contributed by atoms with Gasteiger partial charge < -0.3 is 4.74 Å². The summed E-state index contributed by atoms with van der Waals surface area (Å²) >= 11 is 6.03. The number of amides is 1. The van der Waals surface area contributed by atoms with Gasteiger partial charge in [-0.3, -0.25) is 14.7 Å². The lowest BCUT2D eigenvalue weighted by molar-refractivity contribution is -0.117. The number of fused-ring (bicyclic) bond motifs is 1. The molecule has 0 saturated carbocycles. The van der Waals surface area contributed by atoms with Crippen molar-refractivity contribution in [3.8, 4) is 11.4 Å². The lowest BCUT2D eigenvalue weighted by Crippen LogP contribution is -2.24. The van der Waals surface area contributed by atoms with E-state index in [4.69, 9.17) is 16.3 Å². The van der Waals surface area contributed by atoms with Gasteiger partial charge in [0.05, 0.1) is 5.69 Å². The summed E-state index contributed by atoms with van der Waals surface area (Å²) < 4.78 is 7.27. The second-order valence-electron chi connectivity index (χ2n) is 5.40. The van der Waals surface area contributed by atoms with E-state index in [0.29, 0.717) is 16.7 Å². The molecule has 1 unspecified atom stereocenters. The summed E-state index contributed by atoms with van der Waals surface area (Å²) in [5, 5.41) is 11.3. The Bertz CT molecular complexity index is 895. The molecule has 0 radical (unpaired) electrons. The van der Waals surface area contributed by atoms with Crippen LogP contribution in [0.3, 0.4) is 0 Å². The first-order chi connectivity index (χ1) is 11.7. The summed E-state index contributed by atoms with van der Waals surface area (Å²) in [5.74, 6) is 0.409. The van der Waals surface area contributed by atoms with E-state index in [9.17, 15) is 4.79 Å². The molecule has 7 heteroatoms. The third-order valence-electron chi connectivity index (χ3n) is 3.89. The Hall–Kier alpha value is -2.86. The van der Waals surface area contributed by atoms with Crippen molar-refractivity contribution < 1.29 is 9.53 Å². The van der Waals surface area contributed by atoms with Crippen LogP contribution < -0.4 is 10.1 Å². The average Bonchev–Trinajstić information content (AvgIpc) is 3.22. The van der Waals surface area contributed by atoms with E-state index in [-0.39, 0.29) is 12.5 Å². The van der Waals surface area contributed by atoms with Gasteiger partial charge in [-0.2, -0.15) is 0 Å². The molecular weight excluding hydrogens is 328 g/mol. The van der Waals surface area contributed by atoms with Crippen molar-refractivity contribution in [3.63, 3.8) is 0 Å². The smallest absolute Gasteiger partial charge is 0.237 e. The molecule has 6 nitrogen and oxygen atoms in total. The molecule has 2 aromatic carbocycles. The number of rotatable bonds is 3. The topological polar surface area (TPSA) is 69.0 Å². The van der Waals surface area contributed by atoms with Gasteiger partial charge in [-0.1, -0.05) is 29.8 Å². The Labute approximate surface area is 143 Å². The fourth-order valence-corrected chi connectivity index (χ4v) is 2.88. The zero-order chi connectivity index (χ0) is 16.5. The highest BCUT2D eigenvalue weighted by Gasteiger charge is 2.31. The summed E-state index contributed by atoms with van der Waals surface area (Å²) in [7, 11) is 0. The van der Waals surface area contributed by atoms with Gasteiger partial charge in [0.15, 0.2) is 0 Å². The number of aromatic nitrogens is 3. The molecule has 1 aromatic heterocycles. The maximum absolute atomic E-state index is 12.7. The predicted molar refractivity (Wildman–Crippen MR) is 89.7 cm³/mol. The lowest BCUT2D eigenvalue weighted by atomic mass is 10.0. The lowest BCUT2D eigenvalue weighted by Gasteiger charge is -2.11. The highest BCUT2D eigenvalue weighted by Crippen LogP contribution is 2.36. The number of carbonyl (C=O) groups excluding carboxylic acids is 1. The van der Waals surface area contributed by atoms with Gasteiger partial charge in [0, 0.05) is 10.6 Å². The minimum atomic E-state index is -0.431. The van der Waals surface area contributed by atoms with Crippen LogP contribution in [0.15, 0.2) is 54.9 Å². The van der Waals surface area contributed by atoms with Crippen LogP contribution in [0.4, 0.5) is 5.95 Å². The van der Waals surface area contributed by atoms with E-state index in [1.54, 1.807) is 29.1 Å². The van der Waals surface area contributed by atoms with Crippen LogP contribution >= 0.6 is 11.6 Å². The number of halogens is 1. The monoisotopic (exact) mass is 340 g/mol. The van der Waals surface area contributed by atoms with E-state index in [1.807, 2.05) is 30.3 Å². The molecule has 0 bridgehead atoms. The number of nitrogens with one attached hydrogen (secondary N) is 1. The molecule has 0 spiro atoms. The van der Waals surface area contributed by atoms with E-state index in [0.717, 1.165) is 11.3 Å². The largest absolute Gasteiger partial charge is 0.492 e. The Kier molecular flexibility index (Phi) is 3.66. The second kappa shape index (κ2) is 5.98. The summed E-state index contributed by atoms with van der Waals surface area (Å²) in [6.45, 7) is 0.279. The molecule has 0 aliphatic carbocycles. The van der Waals surface area contributed by atoms with Gasteiger partial charge >= 0.3 is 0 Å². The minimum Gasteiger partial charge on any atom is -0.492 e. The van der Waals surface area contributed by atoms with Gasteiger partial charge in [0.2, 0.25) is 11.9 Å². The molecule has 4 rings (SSSR count). The van der Waals surface area contributed by atoms with Crippen molar-refractivity contribution >= 4 is 23.5 Å². The zero-order valence-electron chi connectivity index (χ0n) is 12.5. The van der Waals surface area contributed by atoms with E-state index < -0.39 is 5.92 Å². The van der Waals surface area contributed by atoms with Crippen molar-refractivity contribution in [1.82, 2.24) is 14.8 Å². The Morgan fingerprint density at radius 2 is 2.08 bits per heavy atom. The first-order valence-electron chi connectivity index (χ1n) is 7.41. The minimum absolute atomic E-state index is 0.207. The molecule has 1 aliphatic rings. The number of para-hydroxylation sites is 1. The van der Waals surface area contributed by atoms with Crippen LogP contribution in [0.25, 0.3) is 5.69 Å². The number of hydrogen-bond acceptors (Lipinski definition) is 4. The molecule has 1 amide bonds. The zero-order valence-corrected chi connectivity index (χ0v) is 13.3. The number of anilines is 1. The fraction of sp³-hybridized carbons (Fsp3) is 0.118. The maximum atomic E-state index is 12.7. The van der Waals surface area contributed by atoms with Crippen molar-refractivity contribution in [2.24, 2.45) is 0 Å². The van der Waals surface area contributed by atoms with Crippen LogP contribution in [0.2, 0.25) is 5.02 Å². The first-order valence-corrected chi connectivity index (χ1v) is 7.79. The van der Waals surface area contributed by atoms with Crippen molar-refractivity contribution in [2.75, 3.05) is 11.9 Å². The molecule has 24 heavy (non-hydrogen) atoms. The summed E-state index contributed by atoms with van der Waals surface area (Å²) in [6, 6.07) is 14.8. The van der Waals surface area contributed by atoms with Gasteiger partial charge in [-0.15, -0.1) is 10.2 Å². The van der Waals surface area contributed by atoms with Crippen LogP contribution in [-0.2, 0) is 4.79 Å². The molecule has 1 N–H and O–H groups in total. The molecule has 2 heterocycles. The molecule has 120 valence electrons. The summed E-state index contributed by atoms with van der Waals surface area (Å²) in [5.41, 5.74) is 1.65. The first kappa shape index (κ1) is 14.7. The van der Waals surface area contributed by atoms with Crippen molar-refractivity contribution in [3.05, 3.63) is 65.4 Å². The molecule has 1 atom stereocenters. The SMILES string of the molecule is O=C(Nc1nncn1-c1ccccc1)C1COc2ccc(Cl)cc21. The second-order valence-corrected chi connectivity index (χ2v) is 5.83. The molecular formula is C17H13ClN4O2. The standard InChI is InChI=1S/C17H13ClN4O2/c18-11-6-7-15-13(8-11)14(9-24-15)16(23)20-17-21-19-10-22(17)12-4-2-1-3-5-12/h1-8,10,14H,9H2,(H,20,21,23). The third kappa shape index (κ3) is 2.61.